The molecule has 0 unspecified atom stereocenters. The number of ether oxygens (including phenoxy) is 1. The molecule has 0 aliphatic carbocycles. The van der Waals surface area contributed by atoms with Gasteiger partial charge in [0.15, 0.2) is 5.13 Å². The molecule has 0 aliphatic heterocycles. The number of aromatic nitrogens is 1. The van der Waals surface area contributed by atoms with Gasteiger partial charge in [0, 0.05) is 5.38 Å². The van der Waals surface area contributed by atoms with Crippen molar-refractivity contribution in [2.45, 2.75) is 39.7 Å². The van der Waals surface area contributed by atoms with E-state index in [2.05, 4.69) is 24.1 Å². The van der Waals surface area contributed by atoms with Gasteiger partial charge in [0.2, 0.25) is 0 Å². The third-order valence-electron chi connectivity index (χ3n) is 1.91. The van der Waals surface area contributed by atoms with E-state index in [0.717, 1.165) is 5.69 Å². The second kappa shape index (κ2) is 5.96. The lowest BCUT2D eigenvalue weighted by Gasteiger charge is -2.06. The van der Waals surface area contributed by atoms with Crippen molar-refractivity contribution >= 4 is 22.4 Å². The Kier molecular flexibility index (Phi) is 4.89. The van der Waals surface area contributed by atoms with E-state index in [1.807, 2.05) is 19.2 Å². The van der Waals surface area contributed by atoms with Crippen LogP contribution in [0.15, 0.2) is 5.38 Å². The predicted molar refractivity (Wildman–Crippen MR) is 65.9 cm³/mol. The summed E-state index contributed by atoms with van der Waals surface area (Å²) in [6.07, 6.45) is 0.0632. The minimum absolute atomic E-state index is 0.0632. The van der Waals surface area contributed by atoms with Gasteiger partial charge in [0.05, 0.1) is 11.8 Å². The average Bonchev–Trinajstić information content (AvgIpc) is 2.63. The molecule has 0 atom stereocenters. The first-order valence-electron chi connectivity index (χ1n) is 5.36. The Morgan fingerprint density at radius 2 is 2.19 bits per heavy atom. The highest BCUT2D eigenvalue weighted by atomic mass is 32.1. The maximum atomic E-state index is 11.4. The van der Waals surface area contributed by atoms with Crippen LogP contribution in [0.25, 0.3) is 0 Å². The minimum Gasteiger partial charge on any atom is -0.369 e. The van der Waals surface area contributed by atoms with Gasteiger partial charge in [0.25, 0.3) is 5.91 Å². The summed E-state index contributed by atoms with van der Waals surface area (Å²) < 4.78 is 5.19. The van der Waals surface area contributed by atoms with Crippen LogP contribution in [0.1, 0.15) is 39.3 Å². The normalized spacial score (nSPS) is 11.1. The Balaban J connectivity index is 2.43. The van der Waals surface area contributed by atoms with E-state index in [9.17, 15) is 4.79 Å². The smallest absolute Gasteiger partial charge is 0.252 e. The quantitative estimate of drug-likeness (QED) is 0.863. The van der Waals surface area contributed by atoms with E-state index in [1.165, 1.54) is 11.3 Å². The molecule has 5 heteroatoms. The van der Waals surface area contributed by atoms with Gasteiger partial charge in [0.1, 0.15) is 6.61 Å². The van der Waals surface area contributed by atoms with Crippen molar-refractivity contribution in [1.82, 2.24) is 4.98 Å². The van der Waals surface area contributed by atoms with Gasteiger partial charge in [-0.1, -0.05) is 13.8 Å². The monoisotopic (exact) mass is 242 g/mol. The minimum atomic E-state index is -0.154. The maximum absolute atomic E-state index is 11.4. The number of rotatable bonds is 5. The summed E-state index contributed by atoms with van der Waals surface area (Å²) in [7, 11) is 0. The van der Waals surface area contributed by atoms with Gasteiger partial charge in [-0.3, -0.25) is 10.1 Å². The molecule has 0 radical (unpaired) electrons. The van der Waals surface area contributed by atoms with Gasteiger partial charge in [-0.25, -0.2) is 4.98 Å². The molecule has 0 saturated carbocycles. The number of nitrogens with zero attached hydrogens (tertiary/aromatic N) is 1. The number of thiazole rings is 1. The highest BCUT2D eigenvalue weighted by Crippen LogP contribution is 2.21. The molecule has 0 fully saturated rings. The highest BCUT2D eigenvalue weighted by molar-refractivity contribution is 7.13. The third-order valence-corrected chi connectivity index (χ3v) is 2.68. The van der Waals surface area contributed by atoms with Crippen LogP contribution in [0, 0.1) is 0 Å². The average molecular weight is 242 g/mol. The number of hydrogen-bond donors (Lipinski definition) is 1. The fourth-order valence-corrected chi connectivity index (χ4v) is 1.89. The molecule has 1 aromatic rings. The lowest BCUT2D eigenvalue weighted by Crippen LogP contribution is -2.20. The first kappa shape index (κ1) is 13.1. The number of carbonyl (C=O) groups excluding carboxylic acids is 1. The largest absolute Gasteiger partial charge is 0.369 e. The summed E-state index contributed by atoms with van der Waals surface area (Å²) in [5, 5.41) is 5.32. The van der Waals surface area contributed by atoms with Crippen molar-refractivity contribution in [3.63, 3.8) is 0 Å². The number of hydrogen-bond acceptors (Lipinski definition) is 4. The predicted octanol–water partition coefficient (Wildman–Crippen LogP) is 2.63. The van der Waals surface area contributed by atoms with Gasteiger partial charge >= 0.3 is 0 Å². The van der Waals surface area contributed by atoms with Gasteiger partial charge in [-0.2, -0.15) is 0 Å². The highest BCUT2D eigenvalue weighted by Gasteiger charge is 2.09. The fourth-order valence-electron chi connectivity index (χ4n) is 1.01. The van der Waals surface area contributed by atoms with E-state index in [4.69, 9.17) is 4.74 Å². The van der Waals surface area contributed by atoms with Crippen LogP contribution in [0.3, 0.4) is 0 Å². The van der Waals surface area contributed by atoms with Crippen molar-refractivity contribution < 1.29 is 9.53 Å². The van der Waals surface area contributed by atoms with Crippen LogP contribution in [-0.2, 0) is 9.53 Å². The molecule has 1 aromatic heterocycles. The number of anilines is 1. The zero-order valence-electron chi connectivity index (χ0n) is 10.1. The molecule has 0 saturated heterocycles. The van der Waals surface area contributed by atoms with Gasteiger partial charge in [-0.15, -0.1) is 11.3 Å². The summed E-state index contributed by atoms with van der Waals surface area (Å²) in [5.74, 6) is 0.229. The molecule has 0 aliphatic rings. The Morgan fingerprint density at radius 1 is 1.50 bits per heavy atom. The summed E-state index contributed by atoms with van der Waals surface area (Å²) in [5.41, 5.74) is 1.00. The van der Waals surface area contributed by atoms with Crippen molar-refractivity contribution in [1.29, 1.82) is 0 Å². The Bertz CT molecular complexity index is 348. The molecule has 0 bridgehead atoms. The lowest BCUT2D eigenvalue weighted by atomic mass is 10.2. The lowest BCUT2D eigenvalue weighted by molar-refractivity contribution is -0.121. The zero-order chi connectivity index (χ0) is 12.1. The molecule has 1 amide bonds. The topological polar surface area (TPSA) is 51.2 Å². The van der Waals surface area contributed by atoms with Crippen LogP contribution in [0.2, 0.25) is 0 Å². The van der Waals surface area contributed by atoms with Crippen LogP contribution < -0.4 is 5.32 Å². The van der Waals surface area contributed by atoms with Crippen LogP contribution in [0.5, 0.6) is 0 Å². The Hall–Kier alpha value is -0.940. The molecule has 90 valence electrons. The SMILES string of the molecule is CC(C)OCC(=O)Nc1nc(C(C)C)cs1. The molecule has 1 rings (SSSR count). The summed E-state index contributed by atoms with van der Waals surface area (Å²) in [6, 6.07) is 0. The first-order valence-corrected chi connectivity index (χ1v) is 6.24. The molecular weight excluding hydrogens is 224 g/mol. The van der Waals surface area contributed by atoms with Crippen LogP contribution in [0.4, 0.5) is 5.13 Å². The fraction of sp³-hybridized carbons (Fsp3) is 0.636. The zero-order valence-corrected chi connectivity index (χ0v) is 10.9. The molecule has 1 heterocycles. The van der Waals surface area contributed by atoms with Crippen molar-refractivity contribution in [2.24, 2.45) is 0 Å². The van der Waals surface area contributed by atoms with E-state index in [0.29, 0.717) is 11.0 Å². The molecule has 0 spiro atoms. The van der Waals surface area contributed by atoms with Crippen LogP contribution in [-0.4, -0.2) is 23.6 Å². The molecule has 0 aromatic carbocycles. The molecule has 16 heavy (non-hydrogen) atoms. The van der Waals surface area contributed by atoms with E-state index < -0.39 is 0 Å². The van der Waals surface area contributed by atoms with Gasteiger partial charge in [-0.05, 0) is 19.8 Å². The summed E-state index contributed by atoms with van der Waals surface area (Å²) in [4.78, 5) is 15.7. The first-order chi connectivity index (χ1) is 7.49. The number of amides is 1. The molecule has 4 nitrogen and oxygen atoms in total. The standard InChI is InChI=1S/C11H18N2O2S/c1-7(2)9-6-16-11(12-9)13-10(14)5-15-8(3)4/h6-8H,5H2,1-4H3,(H,12,13,14). The molecule has 1 N–H and O–H groups in total. The second-order valence-corrected chi connectivity index (χ2v) is 5.00. The summed E-state index contributed by atoms with van der Waals surface area (Å²) >= 11 is 1.44. The number of nitrogens with one attached hydrogen (secondary N) is 1. The maximum Gasteiger partial charge on any atom is 0.252 e. The van der Waals surface area contributed by atoms with Crippen molar-refractivity contribution in [3.05, 3.63) is 11.1 Å². The second-order valence-electron chi connectivity index (χ2n) is 4.14. The van der Waals surface area contributed by atoms with E-state index in [1.54, 1.807) is 0 Å². The Labute approximate surface area is 100 Å². The molecular formula is C11H18N2O2S. The van der Waals surface area contributed by atoms with Gasteiger partial charge < -0.3 is 4.74 Å². The van der Waals surface area contributed by atoms with Crippen LogP contribution >= 0.6 is 11.3 Å². The van der Waals surface area contributed by atoms with Crippen molar-refractivity contribution in [2.75, 3.05) is 11.9 Å². The number of carbonyl (C=O) groups is 1. The summed E-state index contributed by atoms with van der Waals surface area (Å²) in [6.45, 7) is 8.01. The van der Waals surface area contributed by atoms with E-state index >= 15 is 0 Å². The Morgan fingerprint density at radius 3 is 2.69 bits per heavy atom. The third kappa shape index (κ3) is 4.28. The van der Waals surface area contributed by atoms with Crippen molar-refractivity contribution in [3.8, 4) is 0 Å². The van der Waals surface area contributed by atoms with E-state index in [-0.39, 0.29) is 18.6 Å².